The van der Waals surface area contributed by atoms with E-state index < -0.39 is 48.1 Å². The lowest BCUT2D eigenvalue weighted by molar-refractivity contribution is -0.164. The average Bonchev–Trinajstić information content (AvgIpc) is 3.03. The minimum Gasteiger partial charge on any atom is -0.443 e. The number of aliphatic hydroxyl groups is 3. The van der Waals surface area contributed by atoms with E-state index in [1.54, 1.807) is 20.8 Å². The van der Waals surface area contributed by atoms with Gasteiger partial charge in [0.2, 0.25) is 0 Å². The Balaban J connectivity index is 2.10. The second kappa shape index (κ2) is 10.2. The van der Waals surface area contributed by atoms with Crippen LogP contribution in [0, 0.1) is 0 Å². The van der Waals surface area contributed by atoms with Crippen LogP contribution in [0.15, 0.2) is 4.99 Å². The quantitative estimate of drug-likeness (QED) is 0.521. The largest absolute Gasteiger partial charge is 0.443 e. The maximum absolute atomic E-state index is 12.7. The maximum atomic E-state index is 12.7. The SMILES string of the molecule is CCCCOCCN(C(=O)OC(C)(C)C)C1=N[C@@H]2[C@@H](O)[C@H](O)[C@@H](CO)O[C@@H]2S1. The van der Waals surface area contributed by atoms with Gasteiger partial charge in [0, 0.05) is 6.61 Å². The Hall–Kier alpha value is -0.910. The number of rotatable bonds is 7. The van der Waals surface area contributed by atoms with Crippen molar-refractivity contribution in [2.75, 3.05) is 26.4 Å². The van der Waals surface area contributed by atoms with Crippen molar-refractivity contribution in [3.8, 4) is 0 Å². The van der Waals surface area contributed by atoms with Crippen LogP contribution in [-0.2, 0) is 14.2 Å². The highest BCUT2D eigenvalue weighted by Crippen LogP contribution is 2.37. The van der Waals surface area contributed by atoms with Crippen molar-refractivity contribution in [2.24, 2.45) is 4.99 Å². The monoisotopic (exact) mass is 420 g/mol. The fourth-order valence-corrected chi connectivity index (χ4v) is 4.03. The molecule has 2 aliphatic rings. The highest BCUT2D eigenvalue weighted by Gasteiger charge is 2.49. The Labute approximate surface area is 170 Å². The lowest BCUT2D eigenvalue weighted by Gasteiger charge is -2.37. The third kappa shape index (κ3) is 6.04. The van der Waals surface area contributed by atoms with Crippen LogP contribution in [-0.4, -0.2) is 93.2 Å². The fraction of sp³-hybridized carbons (Fsp3) is 0.889. The molecule has 5 atom stereocenters. The number of carbonyl (C=O) groups is 1. The van der Waals surface area contributed by atoms with Crippen LogP contribution in [0.25, 0.3) is 0 Å². The topological polar surface area (TPSA) is 121 Å². The van der Waals surface area contributed by atoms with Gasteiger partial charge in [-0.15, -0.1) is 0 Å². The van der Waals surface area contributed by atoms with E-state index in [-0.39, 0.29) is 6.54 Å². The maximum Gasteiger partial charge on any atom is 0.416 e. The molecule has 28 heavy (non-hydrogen) atoms. The summed E-state index contributed by atoms with van der Waals surface area (Å²) in [6.45, 7) is 8.15. The van der Waals surface area contributed by atoms with Gasteiger partial charge >= 0.3 is 6.09 Å². The van der Waals surface area contributed by atoms with Gasteiger partial charge in [-0.25, -0.2) is 4.79 Å². The van der Waals surface area contributed by atoms with Crippen molar-refractivity contribution in [1.82, 2.24) is 4.90 Å². The molecule has 0 aromatic carbocycles. The number of nitrogens with zero attached hydrogens (tertiary/aromatic N) is 2. The molecule has 10 heteroatoms. The van der Waals surface area contributed by atoms with Crippen molar-refractivity contribution in [3.63, 3.8) is 0 Å². The first-order valence-corrected chi connectivity index (χ1v) is 10.5. The zero-order valence-electron chi connectivity index (χ0n) is 16.9. The summed E-state index contributed by atoms with van der Waals surface area (Å²) in [5.74, 6) is 0. The molecule has 0 bridgehead atoms. The Morgan fingerprint density at radius 3 is 2.61 bits per heavy atom. The van der Waals surface area contributed by atoms with Crippen LogP contribution in [0.4, 0.5) is 4.79 Å². The van der Waals surface area contributed by atoms with Gasteiger partial charge in [0.05, 0.1) is 19.8 Å². The summed E-state index contributed by atoms with van der Waals surface area (Å²) >= 11 is 1.17. The van der Waals surface area contributed by atoms with Gasteiger partial charge in [-0.2, -0.15) is 0 Å². The van der Waals surface area contributed by atoms with E-state index in [0.717, 1.165) is 12.8 Å². The summed E-state index contributed by atoms with van der Waals surface area (Å²) in [6.07, 6.45) is -1.95. The van der Waals surface area contributed by atoms with E-state index >= 15 is 0 Å². The predicted molar refractivity (Wildman–Crippen MR) is 105 cm³/mol. The van der Waals surface area contributed by atoms with Crippen LogP contribution in [0.2, 0.25) is 0 Å². The van der Waals surface area contributed by atoms with Gasteiger partial charge in [-0.05, 0) is 27.2 Å². The number of carbonyl (C=O) groups excluding carboxylic acids is 1. The Kier molecular flexibility index (Phi) is 8.53. The molecule has 9 nitrogen and oxygen atoms in total. The van der Waals surface area contributed by atoms with Gasteiger partial charge in [0.15, 0.2) is 5.17 Å². The molecule has 162 valence electrons. The van der Waals surface area contributed by atoms with Crippen molar-refractivity contribution in [2.45, 2.75) is 75.9 Å². The van der Waals surface area contributed by atoms with E-state index in [4.69, 9.17) is 14.2 Å². The summed E-state index contributed by atoms with van der Waals surface area (Å²) in [4.78, 5) is 18.5. The highest BCUT2D eigenvalue weighted by molar-refractivity contribution is 8.14. The standard InChI is InChI=1S/C18H32N2O7S/c1-5-6-8-25-9-7-20(17(24)27-18(2,3)4)16-19-12-14(23)13(22)11(10-21)26-15(12)28-16/h11-15,21-23H,5-10H2,1-4H3/t11-,12-,13-,14-,15-/m1/s1. The molecule has 2 rings (SSSR count). The van der Waals surface area contributed by atoms with Crippen molar-refractivity contribution >= 4 is 23.0 Å². The molecule has 0 radical (unpaired) electrons. The number of ether oxygens (including phenoxy) is 3. The molecular weight excluding hydrogens is 388 g/mol. The Morgan fingerprint density at radius 2 is 2.00 bits per heavy atom. The number of hydrogen-bond acceptors (Lipinski definition) is 9. The van der Waals surface area contributed by atoms with Gasteiger partial charge in [-0.1, -0.05) is 25.1 Å². The zero-order valence-corrected chi connectivity index (χ0v) is 17.7. The first-order chi connectivity index (χ1) is 13.2. The summed E-state index contributed by atoms with van der Waals surface area (Å²) in [5, 5.41) is 30.1. The highest BCUT2D eigenvalue weighted by atomic mass is 32.2. The molecule has 2 aliphatic heterocycles. The molecule has 1 fully saturated rings. The minimum absolute atomic E-state index is 0.242. The van der Waals surface area contributed by atoms with E-state index in [1.807, 2.05) is 0 Å². The molecule has 2 heterocycles. The molecule has 1 amide bonds. The number of unbranched alkanes of at least 4 members (excludes halogenated alkanes) is 1. The normalized spacial score (nSPS) is 30.0. The van der Waals surface area contributed by atoms with Gasteiger partial charge < -0.3 is 29.5 Å². The predicted octanol–water partition coefficient (Wildman–Crippen LogP) is 0.951. The molecule has 0 unspecified atom stereocenters. The fourth-order valence-electron chi connectivity index (χ4n) is 2.78. The van der Waals surface area contributed by atoms with E-state index in [9.17, 15) is 20.1 Å². The molecule has 0 spiro atoms. The molecule has 0 aromatic rings. The molecular formula is C18H32N2O7S. The Bertz CT molecular complexity index is 555. The molecule has 0 aliphatic carbocycles. The van der Waals surface area contributed by atoms with Crippen molar-refractivity contribution < 1.29 is 34.3 Å². The number of aliphatic hydroxyl groups excluding tert-OH is 3. The molecule has 3 N–H and O–H groups in total. The molecule has 0 aromatic heterocycles. The number of fused-ring (bicyclic) bond motifs is 1. The average molecular weight is 421 g/mol. The summed E-state index contributed by atoms with van der Waals surface area (Å²) in [6, 6.07) is -0.733. The Morgan fingerprint density at radius 1 is 1.29 bits per heavy atom. The third-order valence-electron chi connectivity index (χ3n) is 4.28. The minimum atomic E-state index is -1.25. The third-order valence-corrected chi connectivity index (χ3v) is 5.43. The van der Waals surface area contributed by atoms with E-state index in [0.29, 0.717) is 18.4 Å². The lowest BCUT2D eigenvalue weighted by Crippen LogP contribution is -2.55. The summed E-state index contributed by atoms with van der Waals surface area (Å²) in [5.41, 5.74) is -1.28. The first-order valence-electron chi connectivity index (χ1n) is 9.63. The van der Waals surface area contributed by atoms with E-state index in [2.05, 4.69) is 11.9 Å². The van der Waals surface area contributed by atoms with Crippen LogP contribution >= 0.6 is 11.8 Å². The van der Waals surface area contributed by atoms with E-state index in [1.165, 1.54) is 16.7 Å². The second-order valence-electron chi connectivity index (χ2n) is 7.82. The van der Waals surface area contributed by atoms with Crippen LogP contribution in [0.3, 0.4) is 0 Å². The smallest absolute Gasteiger partial charge is 0.416 e. The van der Waals surface area contributed by atoms with Crippen molar-refractivity contribution in [3.05, 3.63) is 0 Å². The van der Waals surface area contributed by atoms with Crippen LogP contribution in [0.5, 0.6) is 0 Å². The summed E-state index contributed by atoms with van der Waals surface area (Å²) in [7, 11) is 0. The second-order valence-corrected chi connectivity index (χ2v) is 8.89. The number of thioether (sulfide) groups is 1. The molecule has 0 saturated carbocycles. The zero-order chi connectivity index (χ0) is 20.9. The number of amides is 1. The molecule has 1 saturated heterocycles. The first kappa shape index (κ1) is 23.4. The van der Waals surface area contributed by atoms with Crippen LogP contribution in [0.1, 0.15) is 40.5 Å². The van der Waals surface area contributed by atoms with Gasteiger partial charge in [0.1, 0.15) is 35.4 Å². The lowest BCUT2D eigenvalue weighted by atomic mass is 9.99. The van der Waals surface area contributed by atoms with Gasteiger partial charge in [0.25, 0.3) is 0 Å². The number of hydrogen-bond donors (Lipinski definition) is 3. The number of amidine groups is 1. The summed E-state index contributed by atoms with van der Waals surface area (Å²) < 4.78 is 16.7. The van der Waals surface area contributed by atoms with Gasteiger partial charge in [-0.3, -0.25) is 9.89 Å². The van der Waals surface area contributed by atoms with Crippen LogP contribution < -0.4 is 0 Å². The van der Waals surface area contributed by atoms with Crippen molar-refractivity contribution in [1.29, 1.82) is 0 Å². The number of aliphatic imine (C=N–C) groups is 1.